The third-order valence-electron chi connectivity index (χ3n) is 4.81. The van der Waals surface area contributed by atoms with Crippen molar-refractivity contribution >= 4 is 28.6 Å². The van der Waals surface area contributed by atoms with Crippen molar-refractivity contribution in [2.24, 2.45) is 7.05 Å². The first kappa shape index (κ1) is 19.8. The van der Waals surface area contributed by atoms with Gasteiger partial charge in [-0.25, -0.2) is 14.5 Å². The molecule has 4 heterocycles. The van der Waals surface area contributed by atoms with Crippen molar-refractivity contribution in [3.63, 3.8) is 0 Å². The minimum Gasteiger partial charge on any atom is -0.336 e. The van der Waals surface area contributed by atoms with Crippen molar-refractivity contribution < 1.29 is 18.0 Å². The quantitative estimate of drug-likeness (QED) is 0.623. The Morgan fingerprint density at radius 2 is 1.97 bits per heavy atom. The van der Waals surface area contributed by atoms with Gasteiger partial charge in [-0.1, -0.05) is 6.07 Å². The predicted molar refractivity (Wildman–Crippen MR) is 102 cm³/mol. The number of carbonyl (C=O) groups excluding carboxylic acids is 1. The summed E-state index contributed by atoms with van der Waals surface area (Å²) in [6.07, 6.45) is -3.99. The molecule has 3 aromatic heterocycles. The molecule has 1 saturated heterocycles. The lowest BCUT2D eigenvalue weighted by Crippen LogP contribution is -2.41. The first-order valence-electron chi connectivity index (χ1n) is 8.77. The van der Waals surface area contributed by atoms with E-state index in [0.717, 1.165) is 22.3 Å². The third-order valence-corrected chi connectivity index (χ3v) is 6.54. The summed E-state index contributed by atoms with van der Waals surface area (Å²) in [5, 5.41) is 7.64. The Morgan fingerprint density at radius 1 is 1.24 bits per heavy atom. The molecule has 0 bridgehead atoms. The first-order chi connectivity index (χ1) is 13.8. The molecule has 1 aliphatic rings. The fraction of sp³-hybridized carbons (Fsp3) is 0.412. The Labute approximate surface area is 171 Å². The van der Waals surface area contributed by atoms with Crippen molar-refractivity contribution in [1.29, 1.82) is 0 Å². The van der Waals surface area contributed by atoms with Crippen LogP contribution in [0.2, 0.25) is 0 Å². The number of thiazole rings is 1. The molecule has 0 saturated carbocycles. The highest BCUT2D eigenvalue weighted by molar-refractivity contribution is 7.15. The third kappa shape index (κ3) is 3.73. The Bertz CT molecular complexity index is 1080. The van der Waals surface area contributed by atoms with Crippen LogP contribution in [-0.2, 0) is 13.2 Å². The number of thiophene rings is 1. The molecule has 0 aliphatic carbocycles. The van der Waals surface area contributed by atoms with Crippen molar-refractivity contribution in [2.75, 3.05) is 13.1 Å². The Kier molecular flexibility index (Phi) is 5.07. The van der Waals surface area contributed by atoms with Crippen molar-refractivity contribution in [3.05, 3.63) is 44.2 Å². The number of likely N-dealkylation sites (tertiary alicyclic amines) is 1. The van der Waals surface area contributed by atoms with Crippen LogP contribution >= 0.6 is 22.7 Å². The molecule has 1 aliphatic heterocycles. The largest absolute Gasteiger partial charge is 0.451 e. The summed E-state index contributed by atoms with van der Waals surface area (Å²) in [5.74, 6) is -1.43. The van der Waals surface area contributed by atoms with Crippen molar-refractivity contribution in [1.82, 2.24) is 24.2 Å². The van der Waals surface area contributed by atoms with Crippen LogP contribution in [0.15, 0.2) is 27.7 Å². The van der Waals surface area contributed by atoms with E-state index in [1.54, 1.807) is 4.90 Å². The molecule has 12 heteroatoms. The lowest BCUT2D eigenvalue weighted by molar-refractivity contribution is -0.147. The average molecular weight is 443 g/mol. The zero-order valence-corrected chi connectivity index (χ0v) is 16.9. The number of hydrogen-bond acceptors (Lipinski definition) is 6. The summed E-state index contributed by atoms with van der Waals surface area (Å²) < 4.78 is 40.3. The van der Waals surface area contributed by atoms with Crippen LogP contribution in [0.3, 0.4) is 0 Å². The van der Waals surface area contributed by atoms with Gasteiger partial charge in [0.15, 0.2) is 5.01 Å². The first-order valence-corrected chi connectivity index (χ1v) is 10.5. The van der Waals surface area contributed by atoms with Gasteiger partial charge in [0.1, 0.15) is 0 Å². The van der Waals surface area contributed by atoms with Gasteiger partial charge in [0.05, 0.1) is 16.6 Å². The van der Waals surface area contributed by atoms with Crippen LogP contribution in [0.4, 0.5) is 13.2 Å². The number of hydrogen-bond donors (Lipinski definition) is 0. The topological polar surface area (TPSA) is 73.0 Å². The standard InChI is InChI=1S/C17H16F3N5O2S2/c1-23-15(17(18,19)20)22-25(16(23)27)10-4-6-24(7-5-10)14(26)13-21-11(9-29-13)12-3-2-8-28-12/h2-3,8-10H,4-7H2,1H3. The molecular weight excluding hydrogens is 427 g/mol. The fourth-order valence-corrected chi connectivity index (χ4v) is 4.84. The lowest BCUT2D eigenvalue weighted by atomic mass is 10.1. The Balaban J connectivity index is 1.45. The summed E-state index contributed by atoms with van der Waals surface area (Å²) in [5.41, 5.74) is -0.0504. The SMILES string of the molecule is Cn1c(C(F)(F)F)nn(C2CCN(C(=O)c3nc(-c4cccs4)cs3)CC2)c1=O. The minimum absolute atomic E-state index is 0.208. The lowest BCUT2D eigenvalue weighted by Gasteiger charge is -2.31. The molecule has 7 nitrogen and oxygen atoms in total. The molecule has 0 N–H and O–H groups in total. The molecule has 154 valence electrons. The molecule has 0 atom stereocenters. The molecular formula is C17H16F3N5O2S2. The van der Waals surface area contributed by atoms with Crippen molar-refractivity contribution in [3.8, 4) is 10.6 Å². The van der Waals surface area contributed by atoms with E-state index in [1.807, 2.05) is 22.9 Å². The number of nitrogens with zero attached hydrogens (tertiary/aromatic N) is 5. The van der Waals surface area contributed by atoms with E-state index in [4.69, 9.17) is 0 Å². The maximum Gasteiger partial charge on any atom is 0.451 e. The molecule has 29 heavy (non-hydrogen) atoms. The summed E-state index contributed by atoms with van der Waals surface area (Å²) in [6.45, 7) is 0.642. The van der Waals surface area contributed by atoms with Gasteiger partial charge in [0.25, 0.3) is 5.91 Å². The molecule has 1 amide bonds. The van der Waals surface area contributed by atoms with Crippen LogP contribution in [0, 0.1) is 0 Å². The number of piperidine rings is 1. The molecule has 0 unspecified atom stereocenters. The highest BCUT2D eigenvalue weighted by atomic mass is 32.1. The van der Waals surface area contributed by atoms with Gasteiger partial charge in [0.2, 0.25) is 5.82 Å². The number of amides is 1. The van der Waals surface area contributed by atoms with Gasteiger partial charge in [-0.15, -0.1) is 27.8 Å². The number of aromatic nitrogens is 4. The minimum atomic E-state index is -4.69. The summed E-state index contributed by atoms with van der Waals surface area (Å²) >= 11 is 2.80. The summed E-state index contributed by atoms with van der Waals surface area (Å²) in [4.78, 5) is 31.9. The maximum absolute atomic E-state index is 13.0. The Morgan fingerprint density at radius 3 is 2.55 bits per heavy atom. The molecule has 1 fully saturated rings. The molecule has 0 radical (unpaired) electrons. The van der Waals surface area contributed by atoms with Gasteiger partial charge >= 0.3 is 11.9 Å². The van der Waals surface area contributed by atoms with Crippen LogP contribution in [0.1, 0.15) is 34.5 Å². The number of carbonyl (C=O) groups is 1. The van der Waals surface area contributed by atoms with Gasteiger partial charge in [0, 0.05) is 25.5 Å². The van der Waals surface area contributed by atoms with Crippen LogP contribution in [0.25, 0.3) is 10.6 Å². The maximum atomic E-state index is 13.0. The second kappa shape index (κ2) is 7.41. The van der Waals surface area contributed by atoms with Crippen LogP contribution in [-0.4, -0.2) is 43.2 Å². The number of alkyl halides is 3. The number of halogens is 3. The van der Waals surface area contributed by atoms with Gasteiger partial charge in [-0.2, -0.15) is 13.2 Å². The molecule has 4 rings (SSSR count). The van der Waals surface area contributed by atoms with E-state index in [-0.39, 0.29) is 5.91 Å². The average Bonchev–Trinajstić information content (AvgIpc) is 3.42. The van der Waals surface area contributed by atoms with E-state index in [1.165, 1.54) is 22.7 Å². The molecule has 0 spiro atoms. The van der Waals surface area contributed by atoms with E-state index in [2.05, 4.69) is 10.1 Å². The second-order valence-corrected chi connectivity index (χ2v) is 8.45. The molecule has 0 aromatic carbocycles. The number of rotatable bonds is 3. The summed E-state index contributed by atoms with van der Waals surface area (Å²) in [6, 6.07) is 3.36. The monoisotopic (exact) mass is 443 g/mol. The van der Waals surface area contributed by atoms with E-state index in [9.17, 15) is 22.8 Å². The zero-order valence-electron chi connectivity index (χ0n) is 15.2. The summed E-state index contributed by atoms with van der Waals surface area (Å²) in [7, 11) is 1.06. The fourth-order valence-electron chi connectivity index (χ4n) is 3.30. The second-order valence-electron chi connectivity index (χ2n) is 6.65. The highest BCUT2D eigenvalue weighted by Crippen LogP contribution is 2.29. The smallest absolute Gasteiger partial charge is 0.336 e. The van der Waals surface area contributed by atoms with Crippen LogP contribution in [0.5, 0.6) is 0 Å². The molecule has 3 aromatic rings. The highest BCUT2D eigenvalue weighted by Gasteiger charge is 2.39. The van der Waals surface area contributed by atoms with Gasteiger partial charge in [-0.05, 0) is 24.3 Å². The normalized spacial score (nSPS) is 15.8. The van der Waals surface area contributed by atoms with Crippen molar-refractivity contribution in [2.45, 2.75) is 25.1 Å². The van der Waals surface area contributed by atoms with Crippen LogP contribution < -0.4 is 5.69 Å². The van der Waals surface area contributed by atoms with E-state index in [0.29, 0.717) is 35.5 Å². The van der Waals surface area contributed by atoms with E-state index < -0.39 is 23.7 Å². The van der Waals surface area contributed by atoms with E-state index >= 15 is 0 Å². The van der Waals surface area contributed by atoms with Gasteiger partial charge in [-0.3, -0.25) is 9.36 Å². The zero-order chi connectivity index (χ0) is 20.8. The predicted octanol–water partition coefficient (Wildman–Crippen LogP) is 3.26. The van der Waals surface area contributed by atoms with Gasteiger partial charge < -0.3 is 4.90 Å². The Hall–Kier alpha value is -2.47.